The number of H-pyrrole nitrogens is 1. The van der Waals surface area contributed by atoms with Gasteiger partial charge in [-0.1, -0.05) is 11.8 Å². The number of likely N-dealkylation sites (tertiary alicyclic amines) is 1. The maximum atomic E-state index is 12.4. The first-order chi connectivity index (χ1) is 11.8. The maximum absolute atomic E-state index is 12.4. The van der Waals surface area contributed by atoms with Gasteiger partial charge < -0.3 is 9.47 Å². The molecule has 25 heavy (non-hydrogen) atoms. The summed E-state index contributed by atoms with van der Waals surface area (Å²) in [6.45, 7) is 7.90. The van der Waals surface area contributed by atoms with Gasteiger partial charge in [0.15, 0.2) is 0 Å². The fourth-order valence-corrected chi connectivity index (χ4v) is 3.49. The number of thioether (sulfide) groups is 1. The standard InChI is InChI=1S/C15H25N5O4S/c1-5-23-12(21)11-8-10(9-25-13-16-18-19-17-13)6-7-20(11)14(22)24-15(2,3)4/h10-11H,5-9H2,1-4H3,(H,16,17,18,19). The molecule has 0 radical (unpaired) electrons. The molecule has 1 fully saturated rings. The van der Waals surface area contributed by atoms with Gasteiger partial charge in [0.2, 0.25) is 5.16 Å². The smallest absolute Gasteiger partial charge is 0.411 e. The van der Waals surface area contributed by atoms with E-state index in [1.807, 2.05) is 0 Å². The van der Waals surface area contributed by atoms with Gasteiger partial charge in [0.05, 0.1) is 6.61 Å². The number of nitrogens with zero attached hydrogens (tertiary/aromatic N) is 4. The Morgan fingerprint density at radius 3 is 2.76 bits per heavy atom. The van der Waals surface area contributed by atoms with Crippen LogP contribution >= 0.6 is 11.8 Å². The van der Waals surface area contributed by atoms with Crippen LogP contribution in [0.25, 0.3) is 0 Å². The predicted molar refractivity (Wildman–Crippen MR) is 91.0 cm³/mol. The molecule has 1 amide bonds. The van der Waals surface area contributed by atoms with Crippen LogP contribution in [0.15, 0.2) is 5.16 Å². The number of aromatic nitrogens is 4. The average molecular weight is 371 g/mol. The van der Waals surface area contributed by atoms with Crippen molar-refractivity contribution in [1.82, 2.24) is 25.5 Å². The number of piperidine rings is 1. The Balaban J connectivity index is 2.00. The first-order valence-corrected chi connectivity index (χ1v) is 9.31. The quantitative estimate of drug-likeness (QED) is 0.617. The van der Waals surface area contributed by atoms with Crippen molar-refractivity contribution in [2.45, 2.75) is 57.3 Å². The van der Waals surface area contributed by atoms with E-state index in [0.717, 1.165) is 12.2 Å². The molecule has 1 aromatic heterocycles. The third-order valence-corrected chi connectivity index (χ3v) is 4.74. The number of rotatable bonds is 5. The topological polar surface area (TPSA) is 110 Å². The van der Waals surface area contributed by atoms with Gasteiger partial charge in [-0.3, -0.25) is 4.90 Å². The van der Waals surface area contributed by atoms with Crippen molar-refractivity contribution >= 4 is 23.8 Å². The number of esters is 1. The lowest BCUT2D eigenvalue weighted by molar-refractivity contribution is -0.151. The van der Waals surface area contributed by atoms with Gasteiger partial charge >= 0.3 is 12.1 Å². The first-order valence-electron chi connectivity index (χ1n) is 8.32. The van der Waals surface area contributed by atoms with E-state index < -0.39 is 17.7 Å². The number of nitrogens with one attached hydrogen (secondary N) is 1. The zero-order valence-electron chi connectivity index (χ0n) is 15.0. The number of carbonyl (C=O) groups is 2. The minimum Gasteiger partial charge on any atom is -0.464 e. The van der Waals surface area contributed by atoms with Crippen LogP contribution < -0.4 is 0 Å². The molecule has 1 aliphatic heterocycles. The van der Waals surface area contributed by atoms with E-state index in [2.05, 4.69) is 20.6 Å². The number of amides is 1. The van der Waals surface area contributed by atoms with Crippen molar-refractivity contribution in [3.8, 4) is 0 Å². The third kappa shape index (κ3) is 5.87. The number of hydrogen-bond donors (Lipinski definition) is 1. The SMILES string of the molecule is CCOC(=O)C1CC(CSc2nn[nH]n2)CCN1C(=O)OC(C)(C)C. The Labute approximate surface area is 151 Å². The van der Waals surface area contributed by atoms with Crippen molar-refractivity contribution in [1.29, 1.82) is 0 Å². The summed E-state index contributed by atoms with van der Waals surface area (Å²) in [5.74, 6) is 0.608. The monoisotopic (exact) mass is 371 g/mol. The predicted octanol–water partition coefficient (Wildman–Crippen LogP) is 1.87. The normalized spacial score (nSPS) is 21.0. The molecule has 10 heteroatoms. The minimum atomic E-state index is -0.626. The van der Waals surface area contributed by atoms with Crippen LogP contribution in [0.3, 0.4) is 0 Å². The van der Waals surface area contributed by atoms with Gasteiger partial charge in [0.25, 0.3) is 0 Å². The van der Waals surface area contributed by atoms with E-state index in [9.17, 15) is 9.59 Å². The molecule has 0 aromatic carbocycles. The minimum absolute atomic E-state index is 0.247. The molecule has 2 atom stereocenters. The fraction of sp³-hybridized carbons (Fsp3) is 0.800. The highest BCUT2D eigenvalue weighted by Gasteiger charge is 2.39. The van der Waals surface area contributed by atoms with Crippen molar-refractivity contribution in [3.63, 3.8) is 0 Å². The van der Waals surface area contributed by atoms with Crippen LogP contribution in [-0.2, 0) is 14.3 Å². The highest BCUT2D eigenvalue weighted by molar-refractivity contribution is 7.99. The summed E-state index contributed by atoms with van der Waals surface area (Å²) in [5.41, 5.74) is -0.610. The molecule has 140 valence electrons. The Kier molecular flexibility index (Phi) is 6.63. The van der Waals surface area contributed by atoms with Crippen molar-refractivity contribution < 1.29 is 19.1 Å². The second-order valence-corrected chi connectivity index (χ2v) is 7.82. The summed E-state index contributed by atoms with van der Waals surface area (Å²) in [6, 6.07) is -0.626. The van der Waals surface area contributed by atoms with Crippen LogP contribution in [0.1, 0.15) is 40.5 Å². The number of aromatic amines is 1. The molecular weight excluding hydrogens is 346 g/mol. The number of hydrogen-bond acceptors (Lipinski definition) is 8. The molecule has 1 aliphatic rings. The molecule has 0 saturated carbocycles. The summed E-state index contributed by atoms with van der Waals surface area (Å²) in [7, 11) is 0. The molecule has 0 aliphatic carbocycles. The van der Waals surface area contributed by atoms with Gasteiger partial charge in [-0.25, -0.2) is 9.59 Å². The summed E-state index contributed by atoms with van der Waals surface area (Å²) in [6.07, 6.45) is 0.831. The van der Waals surface area contributed by atoms with E-state index in [0.29, 0.717) is 18.1 Å². The molecule has 1 saturated heterocycles. The average Bonchev–Trinajstić information content (AvgIpc) is 3.04. The lowest BCUT2D eigenvalue weighted by atomic mass is 9.92. The molecule has 0 bridgehead atoms. The van der Waals surface area contributed by atoms with Gasteiger partial charge in [-0.05, 0) is 51.7 Å². The molecule has 1 aromatic rings. The van der Waals surface area contributed by atoms with E-state index in [1.54, 1.807) is 27.7 Å². The number of ether oxygens (including phenoxy) is 2. The van der Waals surface area contributed by atoms with Crippen molar-refractivity contribution in [3.05, 3.63) is 0 Å². The fourth-order valence-electron chi connectivity index (χ4n) is 2.60. The second kappa shape index (κ2) is 8.50. The van der Waals surface area contributed by atoms with Gasteiger partial charge in [-0.15, -0.1) is 10.2 Å². The molecular formula is C15H25N5O4S. The Hall–Kier alpha value is -1.84. The van der Waals surface area contributed by atoms with Crippen LogP contribution in [0.2, 0.25) is 0 Å². The number of tetrazole rings is 1. The summed E-state index contributed by atoms with van der Waals surface area (Å²) in [4.78, 5) is 26.3. The number of carbonyl (C=O) groups excluding carboxylic acids is 2. The van der Waals surface area contributed by atoms with E-state index in [1.165, 1.54) is 16.7 Å². The Bertz CT molecular complexity index is 575. The summed E-state index contributed by atoms with van der Waals surface area (Å²) in [5, 5.41) is 14.3. The van der Waals surface area contributed by atoms with Crippen LogP contribution in [0, 0.1) is 5.92 Å². The molecule has 0 spiro atoms. The highest BCUT2D eigenvalue weighted by atomic mass is 32.2. The van der Waals surface area contributed by atoms with Crippen molar-refractivity contribution in [2.24, 2.45) is 5.92 Å². The third-order valence-electron chi connectivity index (χ3n) is 3.67. The molecule has 2 heterocycles. The molecule has 2 unspecified atom stereocenters. The van der Waals surface area contributed by atoms with Crippen molar-refractivity contribution in [2.75, 3.05) is 18.9 Å². The largest absolute Gasteiger partial charge is 0.464 e. The molecule has 1 N–H and O–H groups in total. The Morgan fingerprint density at radius 2 is 2.16 bits per heavy atom. The maximum Gasteiger partial charge on any atom is 0.411 e. The van der Waals surface area contributed by atoms with E-state index in [-0.39, 0.29) is 18.5 Å². The van der Waals surface area contributed by atoms with Crippen LogP contribution in [0.4, 0.5) is 4.79 Å². The van der Waals surface area contributed by atoms with Gasteiger partial charge in [-0.2, -0.15) is 5.21 Å². The first kappa shape index (κ1) is 19.5. The zero-order valence-corrected chi connectivity index (χ0v) is 15.8. The van der Waals surface area contributed by atoms with Crippen LogP contribution in [-0.4, -0.2) is 68.1 Å². The lowest BCUT2D eigenvalue weighted by Crippen LogP contribution is -2.52. The molecule has 9 nitrogen and oxygen atoms in total. The van der Waals surface area contributed by atoms with E-state index >= 15 is 0 Å². The lowest BCUT2D eigenvalue weighted by Gasteiger charge is -2.38. The summed E-state index contributed by atoms with van der Waals surface area (Å²) < 4.78 is 10.6. The van der Waals surface area contributed by atoms with Gasteiger partial charge in [0, 0.05) is 12.3 Å². The van der Waals surface area contributed by atoms with Gasteiger partial charge in [0.1, 0.15) is 11.6 Å². The highest BCUT2D eigenvalue weighted by Crippen LogP contribution is 2.29. The summed E-state index contributed by atoms with van der Waals surface area (Å²) >= 11 is 1.48. The van der Waals surface area contributed by atoms with Crippen LogP contribution in [0.5, 0.6) is 0 Å². The zero-order chi connectivity index (χ0) is 18.4. The molecule has 2 rings (SSSR count). The second-order valence-electron chi connectivity index (χ2n) is 6.84. The Morgan fingerprint density at radius 1 is 1.40 bits per heavy atom. The van der Waals surface area contributed by atoms with E-state index in [4.69, 9.17) is 9.47 Å².